The maximum atomic E-state index is 11.4. The van der Waals surface area contributed by atoms with Crippen molar-refractivity contribution in [3.63, 3.8) is 0 Å². The molecule has 0 fully saturated rings. The Hall–Kier alpha value is -1.35. The molecule has 0 aliphatic heterocycles. The second-order valence-electron chi connectivity index (χ2n) is 2.97. The largest absolute Gasteiger partial charge is 0.508 e. The van der Waals surface area contributed by atoms with E-state index in [1.165, 1.54) is 25.1 Å². The smallest absolute Gasteiger partial charge is 0.171 e. The van der Waals surface area contributed by atoms with Crippen LogP contribution in [0, 0.1) is 0 Å². The maximum absolute atomic E-state index is 11.4. The van der Waals surface area contributed by atoms with E-state index in [9.17, 15) is 9.59 Å². The zero-order valence-electron chi connectivity index (χ0n) is 7.58. The monoisotopic (exact) mass is 212 g/mol. The first-order valence-electron chi connectivity index (χ1n) is 4.02. The molecule has 0 spiro atoms. The number of hydrogen-bond acceptors (Lipinski definition) is 3. The van der Waals surface area contributed by atoms with Gasteiger partial charge < -0.3 is 5.11 Å². The molecule has 0 aromatic heterocycles. The van der Waals surface area contributed by atoms with Crippen LogP contribution in [0.15, 0.2) is 18.2 Å². The van der Waals surface area contributed by atoms with Gasteiger partial charge in [0.05, 0.1) is 11.4 Å². The minimum atomic E-state index is -0.331. The van der Waals surface area contributed by atoms with Crippen LogP contribution in [0.3, 0.4) is 0 Å². The number of rotatable bonds is 3. The number of aromatic hydroxyl groups is 1. The molecular formula is C10H9ClO3. The predicted octanol–water partition coefficient (Wildman–Crippen LogP) is 2.21. The molecule has 3 nitrogen and oxygen atoms in total. The Morgan fingerprint density at radius 3 is 2.57 bits per heavy atom. The van der Waals surface area contributed by atoms with E-state index in [1.807, 2.05) is 0 Å². The van der Waals surface area contributed by atoms with Crippen molar-refractivity contribution in [2.45, 2.75) is 13.3 Å². The highest BCUT2D eigenvalue weighted by atomic mass is 35.5. The van der Waals surface area contributed by atoms with E-state index in [0.29, 0.717) is 0 Å². The molecule has 0 unspecified atom stereocenters. The lowest BCUT2D eigenvalue weighted by atomic mass is 10.1. The number of Topliss-reactive ketones (excluding diaryl/α,β-unsaturated/α-hetero) is 2. The minimum Gasteiger partial charge on any atom is -0.508 e. The summed E-state index contributed by atoms with van der Waals surface area (Å²) in [6.45, 7) is 1.34. The fourth-order valence-corrected chi connectivity index (χ4v) is 1.33. The number of carbonyl (C=O) groups excluding carboxylic acids is 2. The summed E-state index contributed by atoms with van der Waals surface area (Å²) in [6, 6.07) is 4.04. The Labute approximate surface area is 86.3 Å². The number of ketones is 2. The number of phenolic OH excluding ortho intramolecular Hbond substituents is 1. The summed E-state index contributed by atoms with van der Waals surface area (Å²) in [5.74, 6) is -0.545. The predicted molar refractivity (Wildman–Crippen MR) is 52.7 cm³/mol. The SMILES string of the molecule is CC(=O)CC(=O)c1ccc(O)cc1Cl. The summed E-state index contributed by atoms with van der Waals surface area (Å²) in [6.07, 6.45) is -0.162. The summed E-state index contributed by atoms with van der Waals surface area (Å²) >= 11 is 5.72. The van der Waals surface area contributed by atoms with Gasteiger partial charge in [0.1, 0.15) is 11.5 Å². The highest BCUT2D eigenvalue weighted by Gasteiger charge is 2.12. The first-order valence-corrected chi connectivity index (χ1v) is 4.39. The van der Waals surface area contributed by atoms with Gasteiger partial charge in [0.15, 0.2) is 5.78 Å². The lowest BCUT2D eigenvalue weighted by molar-refractivity contribution is -0.116. The van der Waals surface area contributed by atoms with Gasteiger partial charge in [-0.1, -0.05) is 11.6 Å². The molecule has 1 aromatic carbocycles. The van der Waals surface area contributed by atoms with Gasteiger partial charge in [-0.25, -0.2) is 0 Å². The summed E-state index contributed by atoms with van der Waals surface area (Å²) in [4.78, 5) is 22.1. The van der Waals surface area contributed by atoms with Crippen LogP contribution in [0.25, 0.3) is 0 Å². The van der Waals surface area contributed by atoms with Crippen LogP contribution in [0.2, 0.25) is 5.02 Å². The highest BCUT2D eigenvalue weighted by molar-refractivity contribution is 6.34. The van der Waals surface area contributed by atoms with Gasteiger partial charge in [0.25, 0.3) is 0 Å². The highest BCUT2D eigenvalue weighted by Crippen LogP contribution is 2.22. The number of benzene rings is 1. The first-order chi connectivity index (χ1) is 6.50. The molecule has 0 atom stereocenters. The molecule has 0 aliphatic rings. The van der Waals surface area contributed by atoms with Crippen molar-refractivity contribution in [3.05, 3.63) is 28.8 Å². The van der Waals surface area contributed by atoms with Crippen molar-refractivity contribution in [1.29, 1.82) is 0 Å². The summed E-state index contributed by atoms with van der Waals surface area (Å²) < 4.78 is 0. The molecule has 0 saturated carbocycles. The third-order valence-corrected chi connectivity index (χ3v) is 1.98. The van der Waals surface area contributed by atoms with Crippen LogP contribution in [-0.4, -0.2) is 16.7 Å². The Morgan fingerprint density at radius 1 is 1.43 bits per heavy atom. The van der Waals surface area contributed by atoms with Crippen LogP contribution in [0.1, 0.15) is 23.7 Å². The molecule has 0 aliphatic carbocycles. The first kappa shape index (κ1) is 10.7. The quantitative estimate of drug-likeness (QED) is 0.617. The Kier molecular flexibility index (Phi) is 3.25. The number of carbonyl (C=O) groups is 2. The van der Waals surface area contributed by atoms with Crippen LogP contribution >= 0.6 is 11.6 Å². The van der Waals surface area contributed by atoms with Gasteiger partial charge in [-0.15, -0.1) is 0 Å². The van der Waals surface area contributed by atoms with Crippen molar-refractivity contribution < 1.29 is 14.7 Å². The van der Waals surface area contributed by atoms with E-state index in [2.05, 4.69) is 0 Å². The molecule has 0 radical (unpaired) electrons. The zero-order chi connectivity index (χ0) is 10.7. The Morgan fingerprint density at radius 2 is 2.07 bits per heavy atom. The van der Waals surface area contributed by atoms with E-state index in [1.54, 1.807) is 0 Å². The van der Waals surface area contributed by atoms with Gasteiger partial charge >= 0.3 is 0 Å². The van der Waals surface area contributed by atoms with Gasteiger partial charge in [-0.3, -0.25) is 9.59 Å². The number of phenols is 1. The van der Waals surface area contributed by atoms with Crippen LogP contribution in [-0.2, 0) is 4.79 Å². The fourth-order valence-electron chi connectivity index (χ4n) is 1.05. The molecule has 14 heavy (non-hydrogen) atoms. The number of hydrogen-bond donors (Lipinski definition) is 1. The molecule has 0 amide bonds. The topological polar surface area (TPSA) is 54.4 Å². The minimum absolute atomic E-state index is 0.00521. The molecule has 0 heterocycles. The normalized spacial score (nSPS) is 9.86. The second kappa shape index (κ2) is 4.24. The standard InChI is InChI=1S/C10H9ClO3/c1-6(12)4-10(14)8-3-2-7(13)5-9(8)11/h2-3,5,13H,4H2,1H3. The molecule has 1 N–H and O–H groups in total. The summed E-state index contributed by atoms with van der Waals surface area (Å²) in [5, 5.41) is 9.20. The molecule has 74 valence electrons. The third-order valence-electron chi connectivity index (χ3n) is 1.66. The fraction of sp³-hybridized carbons (Fsp3) is 0.200. The average molecular weight is 213 g/mol. The van der Waals surface area contributed by atoms with Crippen molar-refractivity contribution >= 4 is 23.2 Å². The van der Waals surface area contributed by atoms with E-state index in [-0.39, 0.29) is 34.3 Å². The summed E-state index contributed by atoms with van der Waals surface area (Å²) in [5.41, 5.74) is 0.264. The van der Waals surface area contributed by atoms with Crippen molar-refractivity contribution in [1.82, 2.24) is 0 Å². The van der Waals surface area contributed by atoms with Crippen LogP contribution in [0.4, 0.5) is 0 Å². The summed E-state index contributed by atoms with van der Waals surface area (Å²) in [7, 11) is 0. The van der Waals surface area contributed by atoms with Gasteiger partial charge in [0, 0.05) is 5.56 Å². The van der Waals surface area contributed by atoms with Crippen molar-refractivity contribution in [3.8, 4) is 5.75 Å². The van der Waals surface area contributed by atoms with Gasteiger partial charge in [0.2, 0.25) is 0 Å². The van der Waals surface area contributed by atoms with E-state index >= 15 is 0 Å². The Balaban J connectivity index is 2.96. The van der Waals surface area contributed by atoms with Crippen molar-refractivity contribution in [2.24, 2.45) is 0 Å². The lowest BCUT2D eigenvalue weighted by Crippen LogP contribution is -2.05. The zero-order valence-corrected chi connectivity index (χ0v) is 8.34. The molecular weight excluding hydrogens is 204 g/mol. The van der Waals surface area contributed by atoms with Crippen LogP contribution < -0.4 is 0 Å². The average Bonchev–Trinajstić information content (AvgIpc) is 2.01. The lowest BCUT2D eigenvalue weighted by Gasteiger charge is -2.01. The van der Waals surface area contributed by atoms with E-state index < -0.39 is 0 Å². The Bertz CT molecular complexity index is 385. The third kappa shape index (κ3) is 2.57. The van der Waals surface area contributed by atoms with Crippen molar-refractivity contribution in [2.75, 3.05) is 0 Å². The van der Waals surface area contributed by atoms with Gasteiger partial charge in [-0.05, 0) is 25.1 Å². The molecule has 1 rings (SSSR count). The molecule has 0 bridgehead atoms. The molecule has 0 saturated heterocycles. The maximum Gasteiger partial charge on any atom is 0.171 e. The van der Waals surface area contributed by atoms with Crippen LogP contribution in [0.5, 0.6) is 5.75 Å². The van der Waals surface area contributed by atoms with Gasteiger partial charge in [-0.2, -0.15) is 0 Å². The number of halogens is 1. The van der Waals surface area contributed by atoms with E-state index in [4.69, 9.17) is 16.7 Å². The second-order valence-corrected chi connectivity index (χ2v) is 3.37. The molecule has 4 heteroatoms. The van der Waals surface area contributed by atoms with E-state index in [0.717, 1.165) is 0 Å². The molecule has 1 aromatic rings.